The molecule has 1 atom stereocenters. The highest BCUT2D eigenvalue weighted by molar-refractivity contribution is 7.11. The third-order valence-corrected chi connectivity index (χ3v) is 3.55. The van der Waals surface area contributed by atoms with Crippen LogP contribution in [0.2, 0.25) is 0 Å². The first-order valence-electron chi connectivity index (χ1n) is 5.93. The SMILES string of the molecule is CC(C)(C)NCc1cnc(C2COCCO2)s1. The molecule has 1 fully saturated rings. The van der Waals surface area contributed by atoms with Gasteiger partial charge in [-0.3, -0.25) is 0 Å². The van der Waals surface area contributed by atoms with E-state index in [1.165, 1.54) is 4.88 Å². The minimum Gasteiger partial charge on any atom is -0.376 e. The largest absolute Gasteiger partial charge is 0.376 e. The lowest BCUT2D eigenvalue weighted by molar-refractivity contribution is -0.0901. The minimum absolute atomic E-state index is 0.0251. The second-order valence-electron chi connectivity index (χ2n) is 5.20. The van der Waals surface area contributed by atoms with Crippen LogP contribution in [0.25, 0.3) is 0 Å². The predicted molar refractivity (Wildman–Crippen MR) is 68.2 cm³/mol. The predicted octanol–water partition coefficient (Wildman–Crippen LogP) is 2.12. The number of rotatable bonds is 3. The van der Waals surface area contributed by atoms with E-state index >= 15 is 0 Å². The van der Waals surface area contributed by atoms with Crippen LogP contribution in [0, 0.1) is 0 Å². The molecule has 1 unspecified atom stereocenters. The molecule has 1 aliphatic heterocycles. The van der Waals surface area contributed by atoms with E-state index in [1.54, 1.807) is 11.3 Å². The van der Waals surface area contributed by atoms with Crippen molar-refractivity contribution in [3.63, 3.8) is 0 Å². The molecule has 0 saturated carbocycles. The number of ether oxygens (including phenoxy) is 2. The van der Waals surface area contributed by atoms with Gasteiger partial charge in [-0.25, -0.2) is 4.98 Å². The molecule has 0 spiro atoms. The van der Waals surface area contributed by atoms with Gasteiger partial charge < -0.3 is 14.8 Å². The molecule has 1 aliphatic rings. The fourth-order valence-electron chi connectivity index (χ4n) is 1.54. The second kappa shape index (κ2) is 5.44. The first kappa shape index (κ1) is 13.0. The van der Waals surface area contributed by atoms with E-state index in [2.05, 4.69) is 31.1 Å². The van der Waals surface area contributed by atoms with Gasteiger partial charge >= 0.3 is 0 Å². The van der Waals surface area contributed by atoms with E-state index in [-0.39, 0.29) is 11.6 Å². The first-order valence-corrected chi connectivity index (χ1v) is 6.75. The zero-order chi connectivity index (χ0) is 12.3. The van der Waals surface area contributed by atoms with Crippen LogP contribution in [0.5, 0.6) is 0 Å². The Kier molecular flexibility index (Phi) is 4.14. The first-order chi connectivity index (χ1) is 8.04. The number of nitrogens with zero attached hydrogens (tertiary/aromatic N) is 1. The molecule has 0 aromatic carbocycles. The summed E-state index contributed by atoms with van der Waals surface area (Å²) < 4.78 is 11.0. The van der Waals surface area contributed by atoms with Crippen LogP contribution in [0.15, 0.2) is 6.20 Å². The fourth-order valence-corrected chi connectivity index (χ4v) is 2.43. The summed E-state index contributed by atoms with van der Waals surface area (Å²) in [7, 11) is 0. The monoisotopic (exact) mass is 256 g/mol. The molecule has 0 radical (unpaired) electrons. The molecule has 0 bridgehead atoms. The van der Waals surface area contributed by atoms with Crippen molar-refractivity contribution < 1.29 is 9.47 Å². The summed E-state index contributed by atoms with van der Waals surface area (Å²) in [6, 6.07) is 0. The lowest BCUT2D eigenvalue weighted by Crippen LogP contribution is -2.34. The van der Waals surface area contributed by atoms with Crippen LogP contribution < -0.4 is 5.32 Å². The maximum Gasteiger partial charge on any atom is 0.132 e. The molecule has 4 nitrogen and oxygen atoms in total. The van der Waals surface area contributed by atoms with E-state index in [9.17, 15) is 0 Å². The van der Waals surface area contributed by atoms with Gasteiger partial charge in [-0.05, 0) is 20.8 Å². The average molecular weight is 256 g/mol. The number of hydrogen-bond donors (Lipinski definition) is 1. The molecule has 0 amide bonds. The Morgan fingerprint density at radius 1 is 1.47 bits per heavy atom. The Bertz CT molecular complexity index is 354. The van der Waals surface area contributed by atoms with Gasteiger partial charge in [0.1, 0.15) is 11.1 Å². The summed E-state index contributed by atoms with van der Waals surface area (Å²) in [4.78, 5) is 5.65. The number of aromatic nitrogens is 1. The molecule has 96 valence electrons. The number of hydrogen-bond acceptors (Lipinski definition) is 5. The smallest absolute Gasteiger partial charge is 0.132 e. The highest BCUT2D eigenvalue weighted by Crippen LogP contribution is 2.25. The second-order valence-corrected chi connectivity index (χ2v) is 6.35. The topological polar surface area (TPSA) is 43.4 Å². The Morgan fingerprint density at radius 3 is 2.94 bits per heavy atom. The maximum atomic E-state index is 5.63. The van der Waals surface area contributed by atoms with Crippen molar-refractivity contribution in [3.8, 4) is 0 Å². The Balaban J connectivity index is 1.91. The van der Waals surface area contributed by atoms with Crippen molar-refractivity contribution in [1.82, 2.24) is 10.3 Å². The molecule has 5 heteroatoms. The van der Waals surface area contributed by atoms with Gasteiger partial charge in [0.15, 0.2) is 0 Å². The molecule has 1 N–H and O–H groups in total. The van der Waals surface area contributed by atoms with E-state index in [1.807, 2.05) is 6.20 Å². The molecule has 1 aromatic rings. The summed E-state index contributed by atoms with van der Waals surface area (Å²) in [6.45, 7) is 9.32. The summed E-state index contributed by atoms with van der Waals surface area (Å²) in [5.41, 5.74) is 0.134. The number of thiazole rings is 1. The zero-order valence-electron chi connectivity index (χ0n) is 10.7. The molecular weight excluding hydrogens is 236 g/mol. The summed E-state index contributed by atoms with van der Waals surface area (Å²) in [5, 5.41) is 4.48. The van der Waals surface area contributed by atoms with Gasteiger partial charge in [-0.15, -0.1) is 11.3 Å². The lowest BCUT2D eigenvalue weighted by Gasteiger charge is -2.21. The lowest BCUT2D eigenvalue weighted by atomic mass is 10.1. The zero-order valence-corrected chi connectivity index (χ0v) is 11.5. The molecule has 1 aromatic heterocycles. The summed E-state index contributed by atoms with van der Waals surface area (Å²) >= 11 is 1.70. The third kappa shape index (κ3) is 4.03. The number of nitrogens with one attached hydrogen (secondary N) is 1. The van der Waals surface area contributed by atoms with Gasteiger partial charge in [0.05, 0.1) is 19.8 Å². The van der Waals surface area contributed by atoms with Crippen molar-refractivity contribution in [3.05, 3.63) is 16.1 Å². The van der Waals surface area contributed by atoms with Crippen molar-refractivity contribution >= 4 is 11.3 Å². The van der Waals surface area contributed by atoms with Crippen molar-refractivity contribution in [2.75, 3.05) is 19.8 Å². The van der Waals surface area contributed by atoms with E-state index in [0.717, 1.165) is 11.6 Å². The van der Waals surface area contributed by atoms with Crippen molar-refractivity contribution in [1.29, 1.82) is 0 Å². The van der Waals surface area contributed by atoms with Crippen molar-refractivity contribution in [2.24, 2.45) is 0 Å². The molecular formula is C12H20N2O2S. The standard InChI is InChI=1S/C12H20N2O2S/c1-12(2,3)14-7-9-6-13-11(17-9)10-8-15-4-5-16-10/h6,10,14H,4-5,7-8H2,1-3H3. The van der Waals surface area contributed by atoms with Crippen LogP contribution in [0.3, 0.4) is 0 Å². The highest BCUT2D eigenvalue weighted by Gasteiger charge is 2.20. The summed E-state index contributed by atoms with van der Waals surface area (Å²) in [6.07, 6.45) is 1.95. The molecule has 2 rings (SSSR count). The van der Waals surface area contributed by atoms with E-state index < -0.39 is 0 Å². The molecule has 0 aliphatic carbocycles. The third-order valence-electron chi connectivity index (χ3n) is 2.46. The van der Waals surface area contributed by atoms with Crippen LogP contribution in [-0.2, 0) is 16.0 Å². The molecule has 17 heavy (non-hydrogen) atoms. The minimum atomic E-state index is 0.0251. The van der Waals surface area contributed by atoms with E-state index in [0.29, 0.717) is 19.8 Å². The van der Waals surface area contributed by atoms with Gasteiger partial charge in [0.2, 0.25) is 0 Å². The molecule has 1 saturated heterocycles. The van der Waals surface area contributed by atoms with Crippen LogP contribution in [-0.4, -0.2) is 30.3 Å². The maximum absolute atomic E-state index is 5.63. The highest BCUT2D eigenvalue weighted by atomic mass is 32.1. The fraction of sp³-hybridized carbons (Fsp3) is 0.750. The Morgan fingerprint density at radius 2 is 2.29 bits per heavy atom. The van der Waals surface area contributed by atoms with Crippen LogP contribution in [0.1, 0.15) is 36.8 Å². The van der Waals surface area contributed by atoms with E-state index in [4.69, 9.17) is 9.47 Å². The van der Waals surface area contributed by atoms with Crippen molar-refractivity contribution in [2.45, 2.75) is 39.0 Å². The quantitative estimate of drug-likeness (QED) is 0.899. The normalized spacial score (nSPS) is 21.7. The van der Waals surface area contributed by atoms with Crippen LogP contribution in [0.4, 0.5) is 0 Å². The van der Waals surface area contributed by atoms with Gasteiger partial charge in [0, 0.05) is 23.2 Å². The summed E-state index contributed by atoms with van der Waals surface area (Å²) in [5.74, 6) is 0. The van der Waals surface area contributed by atoms with Gasteiger partial charge in [-0.2, -0.15) is 0 Å². The Hall–Kier alpha value is -0.490. The Labute approximate surface area is 106 Å². The average Bonchev–Trinajstić information content (AvgIpc) is 2.75. The molecule has 2 heterocycles. The van der Waals surface area contributed by atoms with Gasteiger partial charge in [-0.1, -0.05) is 0 Å². The van der Waals surface area contributed by atoms with Crippen LogP contribution >= 0.6 is 11.3 Å². The van der Waals surface area contributed by atoms with Gasteiger partial charge in [0.25, 0.3) is 0 Å².